The van der Waals surface area contributed by atoms with Gasteiger partial charge in [-0.15, -0.1) is 0 Å². The van der Waals surface area contributed by atoms with Gasteiger partial charge >= 0.3 is 0 Å². The fourth-order valence-electron chi connectivity index (χ4n) is 2.19. The number of nitrogens with one attached hydrogen (secondary N) is 1. The predicted octanol–water partition coefficient (Wildman–Crippen LogP) is 3.64. The van der Waals surface area contributed by atoms with Crippen LogP contribution in [-0.4, -0.2) is 17.6 Å². The molecule has 4 heteroatoms. The second-order valence-corrected chi connectivity index (χ2v) is 5.56. The molecule has 2 aromatic carbocycles. The topological polar surface area (TPSA) is 58.6 Å². The zero-order valence-electron chi connectivity index (χ0n) is 13.4. The molecule has 0 aliphatic carbocycles. The Morgan fingerprint density at radius 2 is 1.73 bits per heavy atom. The minimum Gasteiger partial charge on any atom is -0.506 e. The minimum atomic E-state index is -0.307. The van der Waals surface area contributed by atoms with Gasteiger partial charge in [0.25, 0.3) is 5.91 Å². The number of benzene rings is 2. The van der Waals surface area contributed by atoms with Crippen LogP contribution in [0.4, 0.5) is 5.69 Å². The number of ether oxygens (including phenoxy) is 1. The molecule has 2 rings (SSSR count). The van der Waals surface area contributed by atoms with Gasteiger partial charge in [0.1, 0.15) is 11.5 Å². The third kappa shape index (κ3) is 3.79. The Morgan fingerprint density at radius 3 is 2.41 bits per heavy atom. The molecule has 22 heavy (non-hydrogen) atoms. The van der Waals surface area contributed by atoms with E-state index in [0.717, 1.165) is 22.3 Å². The highest BCUT2D eigenvalue weighted by Gasteiger charge is 2.10. The van der Waals surface area contributed by atoms with E-state index in [1.54, 1.807) is 12.1 Å². The SMILES string of the molecule is Cc1ccc(OCC(=O)Nc2cc(C)c(C)cc2O)c(C)c1. The van der Waals surface area contributed by atoms with Crippen molar-refractivity contribution >= 4 is 11.6 Å². The molecule has 0 saturated heterocycles. The molecule has 0 fully saturated rings. The quantitative estimate of drug-likeness (QED) is 0.847. The van der Waals surface area contributed by atoms with Crippen LogP contribution in [0.25, 0.3) is 0 Å². The lowest BCUT2D eigenvalue weighted by molar-refractivity contribution is -0.118. The van der Waals surface area contributed by atoms with Gasteiger partial charge in [0.2, 0.25) is 0 Å². The minimum absolute atomic E-state index is 0.0583. The Bertz CT molecular complexity index is 708. The van der Waals surface area contributed by atoms with E-state index in [1.807, 2.05) is 45.9 Å². The number of hydrogen-bond acceptors (Lipinski definition) is 3. The number of anilines is 1. The van der Waals surface area contributed by atoms with Crippen molar-refractivity contribution in [2.45, 2.75) is 27.7 Å². The molecule has 2 N–H and O–H groups in total. The van der Waals surface area contributed by atoms with Crippen LogP contribution >= 0.6 is 0 Å². The molecular formula is C18H21NO3. The van der Waals surface area contributed by atoms with Gasteiger partial charge in [-0.1, -0.05) is 17.7 Å². The first-order chi connectivity index (χ1) is 10.4. The third-order valence-corrected chi connectivity index (χ3v) is 3.58. The fourth-order valence-corrected chi connectivity index (χ4v) is 2.19. The maximum absolute atomic E-state index is 12.0. The molecule has 0 radical (unpaired) electrons. The maximum Gasteiger partial charge on any atom is 0.262 e. The highest BCUT2D eigenvalue weighted by Crippen LogP contribution is 2.26. The lowest BCUT2D eigenvalue weighted by Gasteiger charge is -2.12. The normalized spacial score (nSPS) is 10.4. The van der Waals surface area contributed by atoms with Crippen LogP contribution in [0.15, 0.2) is 30.3 Å². The number of carbonyl (C=O) groups excluding carboxylic acids is 1. The van der Waals surface area contributed by atoms with Crippen molar-refractivity contribution in [1.29, 1.82) is 0 Å². The zero-order valence-corrected chi connectivity index (χ0v) is 13.4. The summed E-state index contributed by atoms with van der Waals surface area (Å²) < 4.78 is 5.53. The molecule has 0 aliphatic rings. The Balaban J connectivity index is 2.00. The summed E-state index contributed by atoms with van der Waals surface area (Å²) >= 11 is 0. The van der Waals surface area contributed by atoms with E-state index in [-0.39, 0.29) is 18.3 Å². The Morgan fingerprint density at radius 1 is 1.05 bits per heavy atom. The number of rotatable bonds is 4. The van der Waals surface area contributed by atoms with Crippen molar-refractivity contribution in [3.63, 3.8) is 0 Å². The Kier molecular flexibility index (Phi) is 4.71. The van der Waals surface area contributed by atoms with Gasteiger partial charge in [-0.25, -0.2) is 0 Å². The summed E-state index contributed by atoms with van der Waals surface area (Å²) in [5.41, 5.74) is 4.51. The highest BCUT2D eigenvalue weighted by molar-refractivity contribution is 5.93. The van der Waals surface area contributed by atoms with Crippen molar-refractivity contribution in [2.24, 2.45) is 0 Å². The molecule has 4 nitrogen and oxygen atoms in total. The van der Waals surface area contributed by atoms with E-state index in [2.05, 4.69) is 5.32 Å². The largest absolute Gasteiger partial charge is 0.506 e. The number of amides is 1. The number of phenols is 1. The van der Waals surface area contributed by atoms with Crippen molar-refractivity contribution in [3.8, 4) is 11.5 Å². The van der Waals surface area contributed by atoms with Gasteiger partial charge in [-0.2, -0.15) is 0 Å². The maximum atomic E-state index is 12.0. The Hall–Kier alpha value is -2.49. The number of phenolic OH excluding ortho intramolecular Hbond substituents is 1. The van der Waals surface area contributed by atoms with Gasteiger partial charge in [-0.05, 0) is 62.6 Å². The van der Waals surface area contributed by atoms with Crippen LogP contribution in [0.3, 0.4) is 0 Å². The van der Waals surface area contributed by atoms with E-state index < -0.39 is 0 Å². The number of aromatic hydroxyl groups is 1. The summed E-state index contributed by atoms with van der Waals surface area (Å²) in [4.78, 5) is 12.0. The van der Waals surface area contributed by atoms with Crippen molar-refractivity contribution in [3.05, 3.63) is 52.6 Å². The first-order valence-electron chi connectivity index (χ1n) is 7.17. The van der Waals surface area contributed by atoms with Crippen LogP contribution in [0.5, 0.6) is 11.5 Å². The van der Waals surface area contributed by atoms with Gasteiger partial charge in [0.05, 0.1) is 5.69 Å². The van der Waals surface area contributed by atoms with E-state index in [9.17, 15) is 9.90 Å². The van der Waals surface area contributed by atoms with Crippen LogP contribution in [0.1, 0.15) is 22.3 Å². The fraction of sp³-hybridized carbons (Fsp3) is 0.278. The van der Waals surface area contributed by atoms with Gasteiger partial charge < -0.3 is 15.2 Å². The first-order valence-corrected chi connectivity index (χ1v) is 7.17. The van der Waals surface area contributed by atoms with E-state index in [1.165, 1.54) is 0 Å². The lowest BCUT2D eigenvalue weighted by Crippen LogP contribution is -2.20. The third-order valence-electron chi connectivity index (χ3n) is 3.58. The summed E-state index contributed by atoms with van der Waals surface area (Å²) in [7, 11) is 0. The van der Waals surface area contributed by atoms with Crippen molar-refractivity contribution in [2.75, 3.05) is 11.9 Å². The van der Waals surface area contributed by atoms with Crippen LogP contribution in [0, 0.1) is 27.7 Å². The van der Waals surface area contributed by atoms with E-state index in [0.29, 0.717) is 11.4 Å². The summed E-state index contributed by atoms with van der Waals surface area (Å²) in [5.74, 6) is 0.437. The summed E-state index contributed by atoms with van der Waals surface area (Å²) in [6, 6.07) is 9.18. The lowest BCUT2D eigenvalue weighted by atomic mass is 10.1. The smallest absolute Gasteiger partial charge is 0.262 e. The molecular weight excluding hydrogens is 278 g/mol. The number of carbonyl (C=O) groups is 1. The first kappa shape index (κ1) is 15.9. The molecule has 2 aromatic rings. The monoisotopic (exact) mass is 299 g/mol. The highest BCUT2D eigenvalue weighted by atomic mass is 16.5. The van der Waals surface area contributed by atoms with Crippen LogP contribution < -0.4 is 10.1 Å². The Labute approximate surface area is 130 Å². The molecule has 116 valence electrons. The molecule has 0 heterocycles. The van der Waals surface area contributed by atoms with Gasteiger partial charge in [-0.3, -0.25) is 4.79 Å². The molecule has 0 aliphatic heterocycles. The van der Waals surface area contributed by atoms with Crippen molar-refractivity contribution in [1.82, 2.24) is 0 Å². The molecule has 1 amide bonds. The van der Waals surface area contributed by atoms with Crippen LogP contribution in [0.2, 0.25) is 0 Å². The zero-order chi connectivity index (χ0) is 16.3. The molecule has 0 atom stereocenters. The molecule has 0 spiro atoms. The standard InChI is InChI=1S/C18H21NO3/c1-11-5-6-17(14(4)7-11)22-10-18(21)19-15-8-12(2)13(3)9-16(15)20/h5-9,20H,10H2,1-4H3,(H,19,21). The average Bonchev–Trinajstić information content (AvgIpc) is 2.44. The summed E-state index contributed by atoms with van der Waals surface area (Å²) in [6.07, 6.45) is 0. The summed E-state index contributed by atoms with van der Waals surface area (Å²) in [6.45, 7) is 7.68. The van der Waals surface area contributed by atoms with Crippen LogP contribution in [-0.2, 0) is 4.79 Å². The second kappa shape index (κ2) is 6.52. The van der Waals surface area contributed by atoms with Gasteiger partial charge in [0.15, 0.2) is 6.61 Å². The molecule has 0 saturated carbocycles. The number of hydrogen-bond donors (Lipinski definition) is 2. The molecule has 0 bridgehead atoms. The van der Waals surface area contributed by atoms with Gasteiger partial charge in [0, 0.05) is 0 Å². The second-order valence-electron chi connectivity index (χ2n) is 5.56. The predicted molar refractivity (Wildman–Crippen MR) is 87.6 cm³/mol. The molecule has 0 unspecified atom stereocenters. The number of aryl methyl sites for hydroxylation is 4. The van der Waals surface area contributed by atoms with Crippen molar-refractivity contribution < 1.29 is 14.6 Å². The summed E-state index contributed by atoms with van der Waals surface area (Å²) in [5, 5.41) is 12.5. The average molecular weight is 299 g/mol. The van der Waals surface area contributed by atoms with E-state index in [4.69, 9.17) is 4.74 Å². The molecule has 0 aromatic heterocycles. The van der Waals surface area contributed by atoms with E-state index >= 15 is 0 Å².